The third kappa shape index (κ3) is 4.40. The third-order valence-corrected chi connectivity index (χ3v) is 4.28. The van der Waals surface area contributed by atoms with Crippen LogP contribution in [-0.4, -0.2) is 74.2 Å². The number of amides is 1. The molecule has 0 spiro atoms. The minimum absolute atomic E-state index is 0.0396. The highest BCUT2D eigenvalue weighted by molar-refractivity contribution is 5.80. The van der Waals surface area contributed by atoms with E-state index in [1.54, 1.807) is 0 Å². The van der Waals surface area contributed by atoms with Crippen LogP contribution >= 0.6 is 0 Å². The first-order valence-corrected chi connectivity index (χ1v) is 7.95. The molecule has 0 aromatic rings. The number of hydrogen-bond acceptors (Lipinski definition) is 5. The molecule has 2 atom stereocenters. The molecule has 2 rings (SSSR count). The zero-order valence-corrected chi connectivity index (χ0v) is 12.9. The Balaban J connectivity index is 1.79. The Hall–Kier alpha value is -1.16. The van der Waals surface area contributed by atoms with Gasteiger partial charge in [0.25, 0.3) is 0 Å². The van der Waals surface area contributed by atoms with Crippen molar-refractivity contribution in [3.8, 4) is 6.07 Å². The smallest absolute Gasteiger partial charge is 0.229 e. The summed E-state index contributed by atoms with van der Waals surface area (Å²) in [5.41, 5.74) is 0. The molecule has 2 saturated heterocycles. The standard InChI is InChI=1S/C15H26N4O2/c1-2-5-17-14-12-21-11-13(14)15(20)19-9-7-18(8-10-19)6-3-4-16/h13-14,17H,2-3,5-12H2,1H3. The van der Waals surface area contributed by atoms with E-state index < -0.39 is 0 Å². The first-order valence-electron chi connectivity index (χ1n) is 7.95. The van der Waals surface area contributed by atoms with Crippen LogP contribution in [0.25, 0.3) is 0 Å². The van der Waals surface area contributed by atoms with E-state index >= 15 is 0 Å². The number of ether oxygens (including phenoxy) is 1. The van der Waals surface area contributed by atoms with Crippen LogP contribution in [0.2, 0.25) is 0 Å². The molecule has 118 valence electrons. The number of nitriles is 1. The van der Waals surface area contributed by atoms with Crippen molar-refractivity contribution in [3.63, 3.8) is 0 Å². The SMILES string of the molecule is CCCNC1COCC1C(=O)N1CCN(CCC#N)CC1. The molecule has 6 heteroatoms. The normalized spacial score (nSPS) is 26.8. The number of nitrogens with zero attached hydrogens (tertiary/aromatic N) is 3. The molecule has 6 nitrogen and oxygen atoms in total. The van der Waals surface area contributed by atoms with Gasteiger partial charge in [-0.15, -0.1) is 0 Å². The van der Waals surface area contributed by atoms with E-state index in [1.165, 1.54) is 0 Å². The van der Waals surface area contributed by atoms with Crippen LogP contribution in [0.1, 0.15) is 19.8 Å². The quantitative estimate of drug-likeness (QED) is 0.750. The molecule has 0 radical (unpaired) electrons. The van der Waals surface area contributed by atoms with Crippen molar-refractivity contribution in [1.29, 1.82) is 5.26 Å². The minimum Gasteiger partial charge on any atom is -0.379 e. The van der Waals surface area contributed by atoms with Crippen LogP contribution in [0.4, 0.5) is 0 Å². The number of nitrogens with one attached hydrogen (secondary N) is 1. The van der Waals surface area contributed by atoms with Crippen molar-refractivity contribution in [2.45, 2.75) is 25.8 Å². The van der Waals surface area contributed by atoms with Crippen molar-refractivity contribution < 1.29 is 9.53 Å². The Kier molecular flexibility index (Phi) is 6.43. The Morgan fingerprint density at radius 3 is 2.76 bits per heavy atom. The summed E-state index contributed by atoms with van der Waals surface area (Å²) in [6, 6.07) is 2.33. The van der Waals surface area contributed by atoms with Gasteiger partial charge in [-0.2, -0.15) is 5.26 Å². The maximum atomic E-state index is 12.6. The molecule has 1 amide bonds. The molecule has 1 N–H and O–H groups in total. The van der Waals surface area contributed by atoms with E-state index in [-0.39, 0.29) is 17.9 Å². The first kappa shape index (κ1) is 16.2. The van der Waals surface area contributed by atoms with E-state index in [0.29, 0.717) is 19.6 Å². The molecule has 0 aromatic heterocycles. The summed E-state index contributed by atoms with van der Waals surface area (Å²) in [6.45, 7) is 8.31. The zero-order valence-electron chi connectivity index (χ0n) is 12.9. The summed E-state index contributed by atoms with van der Waals surface area (Å²) in [6.07, 6.45) is 1.63. The molecular weight excluding hydrogens is 268 g/mol. The van der Waals surface area contributed by atoms with Gasteiger partial charge in [0.1, 0.15) is 0 Å². The maximum absolute atomic E-state index is 12.6. The predicted molar refractivity (Wildman–Crippen MR) is 79.6 cm³/mol. The predicted octanol–water partition coefficient (Wildman–Crippen LogP) is 0.0589. The van der Waals surface area contributed by atoms with Crippen LogP contribution in [0, 0.1) is 17.2 Å². The number of rotatable bonds is 6. The van der Waals surface area contributed by atoms with Crippen LogP contribution in [0.3, 0.4) is 0 Å². The van der Waals surface area contributed by atoms with Gasteiger partial charge in [0.05, 0.1) is 25.2 Å². The molecule has 0 aromatic carbocycles. The van der Waals surface area contributed by atoms with Crippen LogP contribution in [0.15, 0.2) is 0 Å². The zero-order chi connectivity index (χ0) is 15.1. The van der Waals surface area contributed by atoms with E-state index in [2.05, 4.69) is 23.2 Å². The molecule has 0 aliphatic carbocycles. The van der Waals surface area contributed by atoms with Gasteiger partial charge in [0.15, 0.2) is 0 Å². The van der Waals surface area contributed by atoms with E-state index in [1.807, 2.05) is 4.90 Å². The fraction of sp³-hybridized carbons (Fsp3) is 0.867. The van der Waals surface area contributed by atoms with Crippen molar-refractivity contribution in [2.75, 3.05) is 52.5 Å². The van der Waals surface area contributed by atoms with Crippen LogP contribution in [0.5, 0.6) is 0 Å². The van der Waals surface area contributed by atoms with E-state index in [4.69, 9.17) is 10.00 Å². The lowest BCUT2D eigenvalue weighted by Crippen LogP contribution is -2.53. The fourth-order valence-electron chi connectivity index (χ4n) is 2.96. The number of carbonyl (C=O) groups is 1. The monoisotopic (exact) mass is 294 g/mol. The van der Waals surface area contributed by atoms with Crippen LogP contribution < -0.4 is 5.32 Å². The van der Waals surface area contributed by atoms with Crippen LogP contribution in [-0.2, 0) is 9.53 Å². The maximum Gasteiger partial charge on any atom is 0.229 e. The van der Waals surface area contributed by atoms with Gasteiger partial charge in [-0.3, -0.25) is 9.69 Å². The first-order chi connectivity index (χ1) is 10.3. The largest absolute Gasteiger partial charge is 0.379 e. The molecule has 0 saturated carbocycles. The van der Waals surface area contributed by atoms with Crippen molar-refractivity contribution in [2.24, 2.45) is 5.92 Å². The third-order valence-electron chi connectivity index (χ3n) is 4.28. The van der Waals surface area contributed by atoms with Gasteiger partial charge in [-0.1, -0.05) is 6.92 Å². The Morgan fingerprint density at radius 1 is 1.33 bits per heavy atom. The molecular formula is C15H26N4O2. The molecule has 2 fully saturated rings. The fourth-order valence-corrected chi connectivity index (χ4v) is 2.96. The van der Waals surface area contributed by atoms with E-state index in [9.17, 15) is 4.79 Å². The van der Waals surface area contributed by atoms with Gasteiger partial charge in [-0.05, 0) is 13.0 Å². The Labute approximate surface area is 127 Å². The number of hydrogen-bond donors (Lipinski definition) is 1. The highest BCUT2D eigenvalue weighted by atomic mass is 16.5. The second kappa shape index (κ2) is 8.32. The summed E-state index contributed by atoms with van der Waals surface area (Å²) in [7, 11) is 0. The molecule has 2 unspecified atom stereocenters. The Morgan fingerprint density at radius 2 is 2.10 bits per heavy atom. The average Bonchev–Trinajstić information content (AvgIpc) is 2.99. The lowest BCUT2D eigenvalue weighted by Gasteiger charge is -2.36. The summed E-state index contributed by atoms with van der Waals surface area (Å²) in [4.78, 5) is 16.8. The second-order valence-corrected chi connectivity index (χ2v) is 5.78. The van der Waals surface area contributed by atoms with Crippen molar-refractivity contribution in [1.82, 2.24) is 15.1 Å². The highest BCUT2D eigenvalue weighted by Crippen LogP contribution is 2.18. The summed E-state index contributed by atoms with van der Waals surface area (Å²) in [5, 5.41) is 12.0. The topological polar surface area (TPSA) is 68.6 Å². The summed E-state index contributed by atoms with van der Waals surface area (Å²) < 4.78 is 5.50. The molecule has 0 bridgehead atoms. The van der Waals surface area contributed by atoms with Gasteiger partial charge in [0.2, 0.25) is 5.91 Å². The average molecular weight is 294 g/mol. The summed E-state index contributed by atoms with van der Waals surface area (Å²) in [5.74, 6) is 0.184. The highest BCUT2D eigenvalue weighted by Gasteiger charge is 2.36. The lowest BCUT2D eigenvalue weighted by molar-refractivity contribution is -0.137. The lowest BCUT2D eigenvalue weighted by atomic mass is 10.0. The van der Waals surface area contributed by atoms with Gasteiger partial charge < -0.3 is 15.0 Å². The second-order valence-electron chi connectivity index (χ2n) is 5.78. The molecule has 21 heavy (non-hydrogen) atoms. The van der Waals surface area contributed by atoms with E-state index in [0.717, 1.165) is 45.7 Å². The van der Waals surface area contributed by atoms with Gasteiger partial charge in [-0.25, -0.2) is 0 Å². The van der Waals surface area contributed by atoms with Gasteiger partial charge >= 0.3 is 0 Å². The Bertz CT molecular complexity index is 374. The van der Waals surface area contributed by atoms with Crippen molar-refractivity contribution >= 4 is 5.91 Å². The molecule has 2 heterocycles. The number of carbonyl (C=O) groups excluding carboxylic acids is 1. The van der Waals surface area contributed by atoms with Gasteiger partial charge in [0, 0.05) is 45.2 Å². The van der Waals surface area contributed by atoms with Crippen molar-refractivity contribution in [3.05, 3.63) is 0 Å². The summed E-state index contributed by atoms with van der Waals surface area (Å²) >= 11 is 0. The number of piperazine rings is 1. The molecule has 2 aliphatic rings. The minimum atomic E-state index is -0.0396. The molecule has 2 aliphatic heterocycles.